The Morgan fingerprint density at radius 2 is 2.17 bits per heavy atom. The summed E-state index contributed by atoms with van der Waals surface area (Å²) in [5.41, 5.74) is 0.119. The topological polar surface area (TPSA) is 32.8 Å². The molecule has 70 valence electrons. The van der Waals surface area contributed by atoms with Crippen molar-refractivity contribution < 1.29 is 9.84 Å². The molecule has 4 unspecified atom stereocenters. The summed E-state index contributed by atoms with van der Waals surface area (Å²) in [4.78, 5) is 0. The lowest BCUT2D eigenvalue weighted by Gasteiger charge is -2.30. The number of hydrogen-bond acceptors (Lipinski definition) is 2. The highest BCUT2D eigenvalue weighted by Crippen LogP contribution is 2.52. The van der Waals surface area contributed by atoms with Gasteiger partial charge in [-0.3, -0.25) is 0 Å². The molecule has 0 aromatic rings. The first-order valence-electron chi connectivity index (χ1n) is 4.90. The molecule has 0 bridgehead atoms. The molecule has 1 aliphatic heterocycles. The van der Waals surface area contributed by atoms with Crippen molar-refractivity contribution in [2.24, 2.45) is 11.8 Å². The van der Waals surface area contributed by atoms with Crippen molar-refractivity contribution in [3.63, 3.8) is 0 Å². The van der Waals surface area contributed by atoms with Gasteiger partial charge in [0.05, 0.1) is 17.8 Å². The second-order valence-electron chi connectivity index (χ2n) is 4.78. The number of epoxide rings is 1. The third-order valence-corrected chi connectivity index (χ3v) is 3.44. The molecule has 2 rings (SSSR count). The molecule has 1 heterocycles. The van der Waals surface area contributed by atoms with Gasteiger partial charge in [0.2, 0.25) is 0 Å². The summed E-state index contributed by atoms with van der Waals surface area (Å²) in [5.74, 6) is 0.899. The SMILES string of the molecule is CC(C)C1C(O)CCC2(C)OC12. The molecule has 2 nitrogen and oxygen atoms in total. The number of hydrogen-bond donors (Lipinski definition) is 1. The largest absolute Gasteiger partial charge is 0.393 e. The van der Waals surface area contributed by atoms with Crippen LogP contribution >= 0.6 is 0 Å². The van der Waals surface area contributed by atoms with Crippen LogP contribution in [0.15, 0.2) is 0 Å². The molecule has 0 radical (unpaired) electrons. The standard InChI is InChI=1S/C10H18O2/c1-6(2)8-7(11)4-5-10(3)9(8)12-10/h6-9,11H,4-5H2,1-3H3. The van der Waals surface area contributed by atoms with Crippen molar-refractivity contribution in [1.29, 1.82) is 0 Å². The molecule has 4 atom stereocenters. The van der Waals surface area contributed by atoms with Crippen molar-refractivity contribution in [3.05, 3.63) is 0 Å². The Labute approximate surface area is 73.9 Å². The average Bonchev–Trinajstić information content (AvgIpc) is 2.60. The number of ether oxygens (including phenoxy) is 1. The fraction of sp³-hybridized carbons (Fsp3) is 1.00. The Morgan fingerprint density at radius 1 is 1.50 bits per heavy atom. The second kappa shape index (κ2) is 2.46. The highest BCUT2D eigenvalue weighted by molar-refractivity contribution is 5.08. The summed E-state index contributed by atoms with van der Waals surface area (Å²) in [6, 6.07) is 0. The zero-order chi connectivity index (χ0) is 8.93. The minimum absolute atomic E-state index is 0.119. The van der Waals surface area contributed by atoms with Crippen molar-refractivity contribution in [3.8, 4) is 0 Å². The lowest BCUT2D eigenvalue weighted by Crippen LogP contribution is -2.37. The van der Waals surface area contributed by atoms with E-state index in [-0.39, 0.29) is 11.7 Å². The van der Waals surface area contributed by atoms with E-state index in [1.54, 1.807) is 0 Å². The molecular weight excluding hydrogens is 152 g/mol. The third kappa shape index (κ3) is 1.09. The molecule has 2 aliphatic rings. The Morgan fingerprint density at radius 3 is 2.67 bits per heavy atom. The Bertz CT molecular complexity index is 190. The van der Waals surface area contributed by atoms with Gasteiger partial charge in [-0.05, 0) is 25.7 Å². The maximum atomic E-state index is 9.77. The molecule has 2 heteroatoms. The molecule has 0 aromatic carbocycles. The van der Waals surface area contributed by atoms with E-state index in [1.165, 1.54) is 0 Å². The highest BCUT2D eigenvalue weighted by Gasteiger charge is 2.60. The van der Waals surface area contributed by atoms with Gasteiger partial charge in [0.1, 0.15) is 0 Å². The zero-order valence-corrected chi connectivity index (χ0v) is 8.08. The van der Waals surface area contributed by atoms with Gasteiger partial charge >= 0.3 is 0 Å². The van der Waals surface area contributed by atoms with Crippen LogP contribution in [-0.2, 0) is 4.74 Å². The minimum atomic E-state index is -0.134. The van der Waals surface area contributed by atoms with E-state index in [4.69, 9.17) is 4.74 Å². The fourth-order valence-corrected chi connectivity index (χ4v) is 2.57. The van der Waals surface area contributed by atoms with Crippen LogP contribution in [0.3, 0.4) is 0 Å². The van der Waals surface area contributed by atoms with Crippen molar-refractivity contribution in [2.75, 3.05) is 0 Å². The summed E-state index contributed by atoms with van der Waals surface area (Å²) in [5, 5.41) is 9.77. The maximum absolute atomic E-state index is 9.77. The lowest BCUT2D eigenvalue weighted by molar-refractivity contribution is 0.0472. The normalized spacial score (nSPS) is 52.2. The summed E-state index contributed by atoms with van der Waals surface area (Å²) in [6.07, 6.45) is 2.14. The zero-order valence-electron chi connectivity index (χ0n) is 8.08. The quantitative estimate of drug-likeness (QED) is 0.606. The Hall–Kier alpha value is -0.0800. The van der Waals surface area contributed by atoms with Crippen molar-refractivity contribution in [1.82, 2.24) is 0 Å². The van der Waals surface area contributed by atoms with Crippen LogP contribution in [0.2, 0.25) is 0 Å². The highest BCUT2D eigenvalue weighted by atomic mass is 16.6. The number of rotatable bonds is 1. The molecule has 2 fully saturated rings. The first kappa shape index (κ1) is 8.52. The average molecular weight is 170 g/mol. The van der Waals surface area contributed by atoms with Gasteiger partial charge in [-0.15, -0.1) is 0 Å². The van der Waals surface area contributed by atoms with Gasteiger partial charge in [0, 0.05) is 5.92 Å². The molecule has 0 aromatic heterocycles. The van der Waals surface area contributed by atoms with Crippen LogP contribution in [0, 0.1) is 11.8 Å². The molecule has 1 saturated carbocycles. The summed E-state index contributed by atoms with van der Waals surface area (Å²) in [7, 11) is 0. The Balaban J connectivity index is 2.10. The Kier molecular flexibility index (Phi) is 1.74. The van der Waals surface area contributed by atoms with Crippen LogP contribution in [0.1, 0.15) is 33.6 Å². The van der Waals surface area contributed by atoms with Gasteiger partial charge < -0.3 is 9.84 Å². The van der Waals surface area contributed by atoms with Crippen molar-refractivity contribution >= 4 is 0 Å². The molecule has 0 spiro atoms. The van der Waals surface area contributed by atoms with Crippen LogP contribution < -0.4 is 0 Å². The van der Waals surface area contributed by atoms with Crippen LogP contribution in [-0.4, -0.2) is 22.9 Å². The van der Waals surface area contributed by atoms with E-state index >= 15 is 0 Å². The van der Waals surface area contributed by atoms with E-state index in [0.29, 0.717) is 17.9 Å². The van der Waals surface area contributed by atoms with Crippen LogP contribution in [0.25, 0.3) is 0 Å². The number of fused-ring (bicyclic) bond motifs is 1. The van der Waals surface area contributed by atoms with Gasteiger partial charge in [-0.2, -0.15) is 0 Å². The molecular formula is C10H18O2. The fourth-order valence-electron chi connectivity index (χ4n) is 2.57. The molecule has 0 amide bonds. The van der Waals surface area contributed by atoms with Gasteiger partial charge in [0.25, 0.3) is 0 Å². The molecule has 1 aliphatic carbocycles. The summed E-state index contributed by atoms with van der Waals surface area (Å²) < 4.78 is 5.65. The third-order valence-electron chi connectivity index (χ3n) is 3.44. The van der Waals surface area contributed by atoms with Crippen LogP contribution in [0.4, 0.5) is 0 Å². The minimum Gasteiger partial charge on any atom is -0.393 e. The molecule has 1 saturated heterocycles. The lowest BCUT2D eigenvalue weighted by atomic mass is 9.75. The smallest absolute Gasteiger partial charge is 0.0926 e. The van der Waals surface area contributed by atoms with Gasteiger partial charge in [-0.1, -0.05) is 13.8 Å². The summed E-state index contributed by atoms with van der Waals surface area (Å²) in [6.45, 7) is 6.50. The van der Waals surface area contributed by atoms with E-state index in [1.807, 2.05) is 0 Å². The van der Waals surface area contributed by atoms with Crippen LogP contribution in [0.5, 0.6) is 0 Å². The van der Waals surface area contributed by atoms with E-state index in [9.17, 15) is 5.11 Å². The van der Waals surface area contributed by atoms with E-state index in [2.05, 4.69) is 20.8 Å². The first-order valence-corrected chi connectivity index (χ1v) is 4.90. The molecule has 1 N–H and O–H groups in total. The van der Waals surface area contributed by atoms with Gasteiger partial charge in [-0.25, -0.2) is 0 Å². The number of aliphatic hydroxyl groups excluding tert-OH is 1. The monoisotopic (exact) mass is 170 g/mol. The predicted molar refractivity (Wildman–Crippen MR) is 46.8 cm³/mol. The van der Waals surface area contributed by atoms with Gasteiger partial charge in [0.15, 0.2) is 0 Å². The summed E-state index contributed by atoms with van der Waals surface area (Å²) >= 11 is 0. The number of aliphatic hydroxyl groups is 1. The second-order valence-corrected chi connectivity index (χ2v) is 4.78. The maximum Gasteiger partial charge on any atom is 0.0926 e. The van der Waals surface area contributed by atoms with Crippen molar-refractivity contribution in [2.45, 2.75) is 51.4 Å². The van der Waals surface area contributed by atoms with E-state index < -0.39 is 0 Å². The first-order chi connectivity index (χ1) is 5.54. The molecule has 12 heavy (non-hydrogen) atoms. The van der Waals surface area contributed by atoms with E-state index in [0.717, 1.165) is 12.8 Å². The predicted octanol–water partition coefficient (Wildman–Crippen LogP) is 1.57.